The maximum absolute atomic E-state index is 11.3. The van der Waals surface area contributed by atoms with Gasteiger partial charge in [0.1, 0.15) is 5.60 Å². The summed E-state index contributed by atoms with van der Waals surface area (Å²) in [6.07, 6.45) is 20.6. The average molecular weight is 387 g/mol. The average Bonchev–Trinajstić information content (AvgIpc) is 2.59. The van der Waals surface area contributed by atoms with Crippen molar-refractivity contribution in [1.29, 1.82) is 0 Å². The third-order valence-corrected chi connectivity index (χ3v) is 4.60. The van der Waals surface area contributed by atoms with Gasteiger partial charge >= 0.3 is 6.16 Å². The van der Waals surface area contributed by atoms with Crippen LogP contribution in [-0.4, -0.2) is 18.4 Å². The fourth-order valence-electron chi connectivity index (χ4n) is 3.07. The first kappa shape index (κ1) is 26.2. The Morgan fingerprint density at radius 2 is 1.00 bits per heavy atom. The highest BCUT2D eigenvalue weighted by molar-refractivity contribution is 5.59. The van der Waals surface area contributed by atoms with E-state index in [1.54, 1.807) is 20.8 Å². The van der Waals surface area contributed by atoms with Gasteiger partial charge in [-0.2, -0.15) is 4.89 Å². The molecule has 0 aromatic heterocycles. The molecule has 0 amide bonds. The first-order valence-electron chi connectivity index (χ1n) is 11.5. The van der Waals surface area contributed by atoms with Gasteiger partial charge in [0.25, 0.3) is 0 Å². The smallest absolute Gasteiger partial charge is 0.427 e. The van der Waals surface area contributed by atoms with Crippen LogP contribution in [0.5, 0.6) is 0 Å². The zero-order chi connectivity index (χ0) is 20.2. The van der Waals surface area contributed by atoms with Crippen molar-refractivity contribution in [2.24, 2.45) is 0 Å². The molecule has 0 unspecified atom stereocenters. The normalized spacial score (nSPS) is 11.6. The minimum Gasteiger partial charge on any atom is -0.427 e. The highest BCUT2D eigenvalue weighted by atomic mass is 17.2. The topological polar surface area (TPSA) is 44.8 Å². The second kappa shape index (κ2) is 18.6. The van der Waals surface area contributed by atoms with Crippen molar-refractivity contribution < 1.29 is 19.3 Å². The Kier molecular flexibility index (Phi) is 18.1. The molecule has 0 radical (unpaired) electrons. The molecule has 0 spiro atoms. The Morgan fingerprint density at radius 1 is 0.630 bits per heavy atom. The van der Waals surface area contributed by atoms with E-state index < -0.39 is 11.8 Å². The molecule has 0 rings (SSSR count). The maximum Gasteiger partial charge on any atom is 0.540 e. The van der Waals surface area contributed by atoms with Gasteiger partial charge in [0.05, 0.1) is 6.61 Å². The van der Waals surface area contributed by atoms with Gasteiger partial charge < -0.3 is 4.74 Å². The first-order chi connectivity index (χ1) is 13.0. The second-order valence-electron chi connectivity index (χ2n) is 8.67. The van der Waals surface area contributed by atoms with Crippen molar-refractivity contribution >= 4 is 6.16 Å². The number of hydrogen-bond acceptors (Lipinski definition) is 4. The Labute approximate surface area is 168 Å². The lowest BCUT2D eigenvalue weighted by molar-refractivity contribution is -0.261. The quantitative estimate of drug-likeness (QED) is 0.103. The molecule has 0 heterocycles. The summed E-state index contributed by atoms with van der Waals surface area (Å²) in [5.41, 5.74) is -0.547. The lowest BCUT2D eigenvalue weighted by Gasteiger charge is -2.17. The molecule has 0 N–H and O–H groups in total. The van der Waals surface area contributed by atoms with Gasteiger partial charge in [0.15, 0.2) is 0 Å². The number of carbonyl (C=O) groups is 1. The molecule has 0 aliphatic heterocycles. The van der Waals surface area contributed by atoms with Gasteiger partial charge in [-0.1, -0.05) is 103 Å². The molecule has 0 saturated carbocycles. The fourth-order valence-corrected chi connectivity index (χ4v) is 3.07. The minimum absolute atomic E-state index is 0.442. The van der Waals surface area contributed by atoms with Crippen LogP contribution in [0.2, 0.25) is 0 Å². The summed E-state index contributed by atoms with van der Waals surface area (Å²) in [7, 11) is 0. The van der Waals surface area contributed by atoms with Gasteiger partial charge in [-0.25, -0.2) is 4.79 Å². The van der Waals surface area contributed by atoms with Crippen LogP contribution in [0, 0.1) is 0 Å². The Balaban J connectivity index is 3.12. The highest BCUT2D eigenvalue weighted by Gasteiger charge is 2.17. The van der Waals surface area contributed by atoms with Gasteiger partial charge in [0, 0.05) is 0 Å². The van der Waals surface area contributed by atoms with E-state index >= 15 is 0 Å². The van der Waals surface area contributed by atoms with Crippen LogP contribution in [0.3, 0.4) is 0 Å². The minimum atomic E-state index is -0.765. The summed E-state index contributed by atoms with van der Waals surface area (Å²) >= 11 is 0. The van der Waals surface area contributed by atoms with E-state index in [-0.39, 0.29) is 0 Å². The number of rotatable bonds is 18. The molecule has 0 aromatic carbocycles. The summed E-state index contributed by atoms with van der Waals surface area (Å²) in [5.74, 6) is 0. The zero-order valence-electron chi connectivity index (χ0n) is 18.7. The Bertz CT molecular complexity index is 323. The van der Waals surface area contributed by atoms with Crippen LogP contribution < -0.4 is 0 Å². The van der Waals surface area contributed by atoms with Gasteiger partial charge in [-0.05, 0) is 27.2 Å². The molecule has 0 aliphatic rings. The summed E-state index contributed by atoms with van der Waals surface area (Å²) in [6, 6.07) is 0. The number of carbonyl (C=O) groups excluding carboxylic acids is 1. The predicted octanol–water partition coefficient (Wildman–Crippen LogP) is 8.13. The van der Waals surface area contributed by atoms with Gasteiger partial charge in [-0.15, -0.1) is 0 Å². The first-order valence-corrected chi connectivity index (χ1v) is 11.5. The largest absolute Gasteiger partial charge is 0.540 e. The molecule has 4 heteroatoms. The third-order valence-electron chi connectivity index (χ3n) is 4.60. The number of hydrogen-bond donors (Lipinski definition) is 0. The van der Waals surface area contributed by atoms with Crippen LogP contribution in [0.15, 0.2) is 0 Å². The Morgan fingerprint density at radius 3 is 1.37 bits per heavy atom. The zero-order valence-corrected chi connectivity index (χ0v) is 18.7. The van der Waals surface area contributed by atoms with Crippen molar-refractivity contribution in [3.8, 4) is 0 Å². The molecule has 0 bridgehead atoms. The molecule has 0 aliphatic carbocycles. The van der Waals surface area contributed by atoms with Crippen LogP contribution >= 0.6 is 0 Å². The molecule has 27 heavy (non-hydrogen) atoms. The van der Waals surface area contributed by atoms with E-state index in [4.69, 9.17) is 9.62 Å². The number of unbranched alkanes of at least 4 members (excludes halogenated alkanes) is 15. The van der Waals surface area contributed by atoms with Crippen LogP contribution in [-0.2, 0) is 14.5 Å². The SMILES string of the molecule is CCCCCCCCCCCCCCCCCCOOC(=O)OC(C)(C)C. The fraction of sp³-hybridized carbons (Fsp3) is 0.957. The van der Waals surface area contributed by atoms with Crippen molar-refractivity contribution in [2.45, 2.75) is 136 Å². The molecule has 0 saturated heterocycles. The Hall–Kier alpha value is -0.770. The standard InChI is InChI=1S/C23H46O4/c1-5-6-7-8-9-10-11-12-13-14-15-16-17-18-19-20-21-25-27-22(24)26-23(2,3)4/h5-21H2,1-4H3. The summed E-state index contributed by atoms with van der Waals surface area (Å²) < 4.78 is 4.98. The summed E-state index contributed by atoms with van der Waals surface area (Å²) in [6.45, 7) is 8.10. The number of ether oxygens (including phenoxy) is 1. The lowest BCUT2D eigenvalue weighted by Crippen LogP contribution is -2.24. The molecule has 0 atom stereocenters. The van der Waals surface area contributed by atoms with E-state index in [9.17, 15) is 4.79 Å². The predicted molar refractivity (Wildman–Crippen MR) is 113 cm³/mol. The van der Waals surface area contributed by atoms with Gasteiger partial charge in [-0.3, -0.25) is 4.89 Å². The summed E-state index contributed by atoms with van der Waals surface area (Å²) in [5, 5.41) is 0. The lowest BCUT2D eigenvalue weighted by atomic mass is 10.0. The van der Waals surface area contributed by atoms with Crippen LogP contribution in [0.1, 0.15) is 130 Å². The van der Waals surface area contributed by atoms with Gasteiger partial charge in [0.2, 0.25) is 0 Å². The molecule has 162 valence electrons. The maximum atomic E-state index is 11.3. The van der Waals surface area contributed by atoms with E-state index in [1.807, 2.05) is 0 Å². The van der Waals surface area contributed by atoms with Crippen LogP contribution in [0.25, 0.3) is 0 Å². The van der Waals surface area contributed by atoms with E-state index in [0.29, 0.717) is 6.61 Å². The monoisotopic (exact) mass is 386 g/mol. The molecular weight excluding hydrogens is 340 g/mol. The van der Waals surface area contributed by atoms with Crippen molar-refractivity contribution in [1.82, 2.24) is 0 Å². The third kappa shape index (κ3) is 23.2. The van der Waals surface area contributed by atoms with Crippen molar-refractivity contribution in [2.75, 3.05) is 6.61 Å². The van der Waals surface area contributed by atoms with E-state index in [1.165, 1.54) is 89.9 Å². The second-order valence-corrected chi connectivity index (χ2v) is 8.67. The van der Waals surface area contributed by atoms with E-state index in [2.05, 4.69) is 11.8 Å². The van der Waals surface area contributed by atoms with E-state index in [0.717, 1.165) is 12.8 Å². The summed E-state index contributed by atoms with van der Waals surface area (Å²) in [4.78, 5) is 20.7. The molecule has 0 aromatic rings. The van der Waals surface area contributed by atoms with Crippen LogP contribution in [0.4, 0.5) is 4.79 Å². The molecule has 0 fully saturated rings. The molecular formula is C23H46O4. The van der Waals surface area contributed by atoms with Crippen molar-refractivity contribution in [3.05, 3.63) is 0 Å². The highest BCUT2D eigenvalue weighted by Crippen LogP contribution is 2.14. The molecule has 4 nitrogen and oxygen atoms in total. The van der Waals surface area contributed by atoms with Crippen molar-refractivity contribution in [3.63, 3.8) is 0 Å².